The lowest BCUT2D eigenvalue weighted by Gasteiger charge is -2.16. The summed E-state index contributed by atoms with van der Waals surface area (Å²) >= 11 is 6.09. The first kappa shape index (κ1) is 21.6. The molecule has 7 nitrogen and oxygen atoms in total. The van der Waals surface area contributed by atoms with Crippen molar-refractivity contribution in [3.63, 3.8) is 0 Å². The summed E-state index contributed by atoms with van der Waals surface area (Å²) in [6.45, 7) is 0. The summed E-state index contributed by atoms with van der Waals surface area (Å²) in [4.78, 5) is -0.0108. The number of nitrogens with one attached hydrogen (secondary N) is 1. The molecule has 0 aliphatic carbocycles. The molecule has 0 radical (unpaired) electrons. The van der Waals surface area contributed by atoms with Crippen molar-refractivity contribution in [2.24, 2.45) is 0 Å². The standard InChI is InChI=1S/C21H20ClNO6S/c1-26-18-6-4-5-7-20(18)29-17-10-8-14(22)12-16(17)23-30(24,25)15-9-11-19(27-2)21(13-15)28-3/h4-13,23H,1-3H3. The van der Waals surface area contributed by atoms with E-state index in [1.807, 2.05) is 0 Å². The van der Waals surface area contributed by atoms with E-state index in [2.05, 4.69) is 4.72 Å². The van der Waals surface area contributed by atoms with Gasteiger partial charge in [-0.15, -0.1) is 0 Å². The van der Waals surface area contributed by atoms with E-state index in [0.29, 0.717) is 22.3 Å². The van der Waals surface area contributed by atoms with E-state index in [4.69, 9.17) is 30.5 Å². The van der Waals surface area contributed by atoms with Gasteiger partial charge >= 0.3 is 0 Å². The Hall–Kier alpha value is -3.10. The molecule has 3 aromatic rings. The van der Waals surface area contributed by atoms with Crippen molar-refractivity contribution in [1.29, 1.82) is 0 Å². The van der Waals surface area contributed by atoms with E-state index in [0.717, 1.165) is 0 Å². The summed E-state index contributed by atoms with van der Waals surface area (Å²) in [5, 5.41) is 0.340. The average Bonchev–Trinajstić information content (AvgIpc) is 2.75. The minimum atomic E-state index is -3.97. The van der Waals surface area contributed by atoms with Gasteiger partial charge in [-0.25, -0.2) is 8.42 Å². The number of anilines is 1. The van der Waals surface area contributed by atoms with Crippen LogP contribution in [-0.4, -0.2) is 29.7 Å². The van der Waals surface area contributed by atoms with Gasteiger partial charge in [0.25, 0.3) is 10.0 Å². The van der Waals surface area contributed by atoms with Crippen molar-refractivity contribution in [2.75, 3.05) is 26.1 Å². The van der Waals surface area contributed by atoms with Crippen molar-refractivity contribution in [3.05, 3.63) is 65.7 Å². The summed E-state index contributed by atoms with van der Waals surface area (Å²) < 4.78 is 50.0. The first-order valence-corrected chi connectivity index (χ1v) is 10.6. The molecular formula is C21H20ClNO6S. The van der Waals surface area contributed by atoms with Crippen LogP contribution in [0.1, 0.15) is 0 Å². The molecule has 0 unspecified atom stereocenters. The minimum Gasteiger partial charge on any atom is -0.493 e. The van der Waals surface area contributed by atoms with E-state index in [-0.39, 0.29) is 22.1 Å². The third-order valence-electron chi connectivity index (χ3n) is 4.14. The Morgan fingerprint density at radius 3 is 2.00 bits per heavy atom. The Morgan fingerprint density at radius 2 is 1.33 bits per heavy atom. The first-order valence-electron chi connectivity index (χ1n) is 8.73. The summed E-state index contributed by atoms with van der Waals surface area (Å²) in [7, 11) is 0.443. The van der Waals surface area contributed by atoms with Crippen molar-refractivity contribution in [1.82, 2.24) is 0 Å². The van der Waals surface area contributed by atoms with Crippen molar-refractivity contribution < 1.29 is 27.4 Å². The van der Waals surface area contributed by atoms with Gasteiger partial charge in [0.15, 0.2) is 28.7 Å². The highest BCUT2D eigenvalue weighted by Crippen LogP contribution is 2.38. The van der Waals surface area contributed by atoms with E-state index < -0.39 is 10.0 Å². The Kier molecular flexibility index (Phi) is 6.59. The third kappa shape index (κ3) is 4.72. The zero-order valence-corrected chi connectivity index (χ0v) is 18.1. The number of methoxy groups -OCH3 is 3. The second-order valence-corrected chi connectivity index (χ2v) is 8.13. The van der Waals surface area contributed by atoms with Gasteiger partial charge < -0.3 is 18.9 Å². The summed E-state index contributed by atoms with van der Waals surface area (Å²) in [5.74, 6) is 1.89. The molecule has 1 N–H and O–H groups in total. The van der Waals surface area contributed by atoms with E-state index in [1.54, 1.807) is 36.4 Å². The second kappa shape index (κ2) is 9.15. The molecule has 3 aromatic carbocycles. The Bertz CT molecular complexity index is 1150. The number of hydrogen-bond acceptors (Lipinski definition) is 6. The van der Waals surface area contributed by atoms with E-state index in [9.17, 15) is 8.42 Å². The predicted octanol–water partition coefficient (Wildman–Crippen LogP) is 4.96. The fraction of sp³-hybridized carbons (Fsp3) is 0.143. The van der Waals surface area contributed by atoms with E-state index >= 15 is 0 Å². The van der Waals surface area contributed by atoms with Crippen LogP contribution in [0.15, 0.2) is 65.6 Å². The number of benzene rings is 3. The van der Waals surface area contributed by atoms with Crippen LogP contribution in [0, 0.1) is 0 Å². The van der Waals surface area contributed by atoms with Crippen molar-refractivity contribution in [2.45, 2.75) is 4.90 Å². The first-order chi connectivity index (χ1) is 14.4. The summed E-state index contributed by atoms with van der Waals surface area (Å²) in [6.07, 6.45) is 0. The van der Waals surface area contributed by atoms with Gasteiger partial charge in [-0.3, -0.25) is 4.72 Å². The van der Waals surface area contributed by atoms with Gasteiger partial charge in [-0.2, -0.15) is 0 Å². The lowest BCUT2D eigenvalue weighted by atomic mass is 10.3. The van der Waals surface area contributed by atoms with Crippen LogP contribution in [0.2, 0.25) is 5.02 Å². The third-order valence-corrected chi connectivity index (χ3v) is 5.74. The number of para-hydroxylation sites is 2. The quantitative estimate of drug-likeness (QED) is 0.523. The number of hydrogen-bond donors (Lipinski definition) is 1. The average molecular weight is 450 g/mol. The maximum atomic E-state index is 13.0. The highest BCUT2D eigenvalue weighted by molar-refractivity contribution is 7.92. The van der Waals surface area contributed by atoms with Crippen molar-refractivity contribution in [3.8, 4) is 28.7 Å². The second-order valence-electron chi connectivity index (χ2n) is 6.02. The van der Waals surface area contributed by atoms with Crippen LogP contribution in [0.4, 0.5) is 5.69 Å². The molecule has 0 amide bonds. The fourth-order valence-electron chi connectivity index (χ4n) is 2.68. The molecule has 30 heavy (non-hydrogen) atoms. The largest absolute Gasteiger partial charge is 0.493 e. The normalized spacial score (nSPS) is 10.9. The van der Waals surface area contributed by atoms with Gasteiger partial charge in [0.2, 0.25) is 0 Å². The van der Waals surface area contributed by atoms with Crippen LogP contribution < -0.4 is 23.7 Å². The monoisotopic (exact) mass is 449 g/mol. The van der Waals surface area contributed by atoms with Gasteiger partial charge in [0, 0.05) is 11.1 Å². The molecule has 0 aliphatic heterocycles. The molecule has 0 atom stereocenters. The highest BCUT2D eigenvalue weighted by Gasteiger charge is 2.20. The number of rotatable bonds is 8. The highest BCUT2D eigenvalue weighted by atomic mass is 35.5. The number of sulfonamides is 1. The molecule has 0 saturated heterocycles. The molecule has 9 heteroatoms. The molecular weight excluding hydrogens is 430 g/mol. The molecule has 0 spiro atoms. The van der Waals surface area contributed by atoms with Crippen LogP contribution >= 0.6 is 11.6 Å². The fourth-order valence-corrected chi connectivity index (χ4v) is 3.93. The Balaban J connectivity index is 1.97. The van der Waals surface area contributed by atoms with Gasteiger partial charge in [-0.05, 0) is 42.5 Å². The van der Waals surface area contributed by atoms with Gasteiger partial charge in [-0.1, -0.05) is 23.7 Å². The Morgan fingerprint density at radius 1 is 0.733 bits per heavy atom. The molecule has 0 aliphatic rings. The SMILES string of the molecule is COc1ccc(S(=O)(=O)Nc2cc(Cl)ccc2Oc2ccccc2OC)cc1OC. The topological polar surface area (TPSA) is 83.1 Å². The maximum Gasteiger partial charge on any atom is 0.262 e. The van der Waals surface area contributed by atoms with Crippen LogP contribution in [0.3, 0.4) is 0 Å². The molecule has 158 valence electrons. The lowest BCUT2D eigenvalue weighted by Crippen LogP contribution is -2.14. The zero-order valence-electron chi connectivity index (χ0n) is 16.5. The van der Waals surface area contributed by atoms with Crippen LogP contribution in [-0.2, 0) is 10.0 Å². The van der Waals surface area contributed by atoms with Crippen LogP contribution in [0.25, 0.3) is 0 Å². The zero-order chi connectivity index (χ0) is 21.7. The lowest BCUT2D eigenvalue weighted by molar-refractivity contribution is 0.354. The number of ether oxygens (including phenoxy) is 4. The van der Waals surface area contributed by atoms with Crippen molar-refractivity contribution >= 4 is 27.3 Å². The van der Waals surface area contributed by atoms with Gasteiger partial charge in [0.05, 0.1) is 31.9 Å². The molecule has 0 heterocycles. The number of halogens is 1. The molecule has 3 rings (SSSR count). The summed E-state index contributed by atoms with van der Waals surface area (Å²) in [5.41, 5.74) is 0.170. The molecule has 0 saturated carbocycles. The Labute approximate surface area is 180 Å². The smallest absolute Gasteiger partial charge is 0.262 e. The minimum absolute atomic E-state index is 0.0108. The molecule has 0 fully saturated rings. The maximum absolute atomic E-state index is 13.0. The van der Waals surface area contributed by atoms with Gasteiger partial charge in [0.1, 0.15) is 0 Å². The predicted molar refractivity (Wildman–Crippen MR) is 115 cm³/mol. The molecule has 0 bridgehead atoms. The van der Waals surface area contributed by atoms with Crippen LogP contribution in [0.5, 0.6) is 28.7 Å². The molecule has 0 aromatic heterocycles. The summed E-state index contributed by atoms with van der Waals surface area (Å²) in [6, 6.07) is 15.9. The van der Waals surface area contributed by atoms with E-state index in [1.165, 1.54) is 45.6 Å².